The quantitative estimate of drug-likeness (QED) is 0.115. The maximum absolute atomic E-state index is 12.9. The number of carboxylic acids is 1. The minimum atomic E-state index is -1.23. The van der Waals surface area contributed by atoms with Crippen molar-refractivity contribution in [1.29, 1.82) is 0 Å². The maximum Gasteiger partial charge on any atom is 0.352 e. The fourth-order valence-corrected chi connectivity index (χ4v) is 5.85. The second kappa shape index (κ2) is 9.68. The molecule has 16 heteroatoms. The number of hydrogen-bond donors (Lipinski definition) is 4. The highest BCUT2D eigenvalue weighted by atomic mass is 32.2. The first-order chi connectivity index (χ1) is 16.3. The lowest BCUT2D eigenvalue weighted by molar-refractivity contribution is -0.150. The van der Waals surface area contributed by atoms with Crippen LogP contribution >= 0.6 is 23.5 Å². The summed E-state index contributed by atoms with van der Waals surface area (Å²) in [7, 11) is 1.67. The highest BCUT2D eigenvalue weighted by Crippen LogP contribution is 2.41. The van der Waals surface area contributed by atoms with Crippen molar-refractivity contribution in [3.63, 3.8) is 0 Å². The number of thioether (sulfide) groups is 2. The van der Waals surface area contributed by atoms with Crippen molar-refractivity contribution in [2.45, 2.75) is 22.5 Å². The van der Waals surface area contributed by atoms with Gasteiger partial charge in [-0.1, -0.05) is 17.8 Å². The monoisotopic (exact) mass is 505 g/mol. The Morgan fingerprint density at radius 2 is 2.26 bits per heavy atom. The molecule has 0 spiro atoms. The third-order valence-corrected chi connectivity index (χ3v) is 7.55. The van der Waals surface area contributed by atoms with Crippen molar-refractivity contribution in [1.82, 2.24) is 35.4 Å². The molecule has 2 aliphatic rings. The number of tetrazole rings is 1. The van der Waals surface area contributed by atoms with Crippen LogP contribution in [0.15, 0.2) is 39.8 Å². The third kappa shape index (κ3) is 4.41. The average molecular weight is 506 g/mol. The SMILES string of the molecule is Cn1nnnc1SCC1=C(C(=O)O)N2C(=O)C(NC(=O)C(/C=N\O)c3cccc(N)n3)[C@H]2SC1. The van der Waals surface area contributed by atoms with Gasteiger partial charge in [0.2, 0.25) is 11.1 Å². The number of rotatable bonds is 8. The second-order valence-electron chi connectivity index (χ2n) is 7.26. The molecule has 4 heterocycles. The Bertz CT molecular complexity index is 1200. The fourth-order valence-electron chi connectivity index (χ4n) is 3.52. The number of carbonyl (C=O) groups excluding carboxylic acids is 2. The summed E-state index contributed by atoms with van der Waals surface area (Å²) < 4.78 is 1.46. The molecule has 0 aliphatic carbocycles. The predicted molar refractivity (Wildman–Crippen MR) is 121 cm³/mol. The molecule has 2 aliphatic heterocycles. The summed E-state index contributed by atoms with van der Waals surface area (Å²) in [5.74, 6) is -2.70. The van der Waals surface area contributed by atoms with E-state index in [1.807, 2.05) is 0 Å². The van der Waals surface area contributed by atoms with Crippen molar-refractivity contribution in [3.8, 4) is 0 Å². The van der Waals surface area contributed by atoms with Crippen LogP contribution in [0.5, 0.6) is 0 Å². The molecule has 0 saturated carbocycles. The number of nitrogen functional groups attached to an aromatic ring is 1. The van der Waals surface area contributed by atoms with E-state index < -0.39 is 35.1 Å². The van der Waals surface area contributed by atoms with Crippen LogP contribution in [-0.4, -0.2) is 87.3 Å². The van der Waals surface area contributed by atoms with Gasteiger partial charge in [0, 0.05) is 18.6 Å². The van der Waals surface area contributed by atoms with Gasteiger partial charge in [0.25, 0.3) is 5.91 Å². The Morgan fingerprint density at radius 3 is 2.91 bits per heavy atom. The van der Waals surface area contributed by atoms with Gasteiger partial charge in [0.05, 0.1) is 11.9 Å². The number of aliphatic carboxylic acids is 1. The van der Waals surface area contributed by atoms with E-state index in [0.717, 1.165) is 6.21 Å². The lowest BCUT2D eigenvalue weighted by Gasteiger charge is -2.49. The van der Waals surface area contributed by atoms with Crippen molar-refractivity contribution in [3.05, 3.63) is 35.2 Å². The molecule has 2 aromatic rings. The molecule has 14 nitrogen and oxygen atoms in total. The maximum atomic E-state index is 12.9. The van der Waals surface area contributed by atoms with Gasteiger partial charge in [-0.25, -0.2) is 14.5 Å². The van der Waals surface area contributed by atoms with E-state index in [-0.39, 0.29) is 23.0 Å². The van der Waals surface area contributed by atoms with Gasteiger partial charge in [-0.3, -0.25) is 14.5 Å². The summed E-state index contributed by atoms with van der Waals surface area (Å²) in [4.78, 5) is 43.0. The van der Waals surface area contributed by atoms with Crippen LogP contribution in [0.1, 0.15) is 11.6 Å². The molecule has 4 rings (SSSR count). The Hall–Kier alpha value is -3.66. The van der Waals surface area contributed by atoms with Crippen molar-refractivity contribution in [2.24, 2.45) is 12.2 Å². The number of nitrogens with zero attached hydrogens (tertiary/aromatic N) is 7. The van der Waals surface area contributed by atoms with Gasteiger partial charge < -0.3 is 21.4 Å². The number of carbonyl (C=O) groups is 3. The zero-order valence-electron chi connectivity index (χ0n) is 17.6. The lowest BCUT2D eigenvalue weighted by atomic mass is 10.00. The first-order valence-corrected chi connectivity index (χ1v) is 11.8. The Kier molecular flexibility index (Phi) is 6.69. The largest absolute Gasteiger partial charge is 0.477 e. The van der Waals surface area contributed by atoms with E-state index in [4.69, 9.17) is 10.9 Å². The normalized spacial score (nSPS) is 20.7. The lowest BCUT2D eigenvalue weighted by Crippen LogP contribution is -2.71. The highest BCUT2D eigenvalue weighted by Gasteiger charge is 2.54. The number of aromatic nitrogens is 5. The Balaban J connectivity index is 1.49. The molecule has 2 aromatic heterocycles. The van der Waals surface area contributed by atoms with E-state index in [1.165, 1.54) is 45.2 Å². The van der Waals surface area contributed by atoms with Gasteiger partial charge in [0.15, 0.2) is 0 Å². The first kappa shape index (κ1) is 23.5. The van der Waals surface area contributed by atoms with Gasteiger partial charge in [-0.05, 0) is 28.1 Å². The van der Waals surface area contributed by atoms with Crippen molar-refractivity contribution >= 4 is 53.3 Å². The van der Waals surface area contributed by atoms with E-state index in [0.29, 0.717) is 16.5 Å². The van der Waals surface area contributed by atoms with E-state index in [9.17, 15) is 19.5 Å². The summed E-state index contributed by atoms with van der Waals surface area (Å²) in [5, 5.41) is 35.4. The van der Waals surface area contributed by atoms with Gasteiger partial charge in [0.1, 0.15) is 28.8 Å². The number of carboxylic acid groups (broad SMARTS) is 1. The molecule has 2 unspecified atom stereocenters. The van der Waals surface area contributed by atoms with Crippen LogP contribution in [0.3, 0.4) is 0 Å². The zero-order chi connectivity index (χ0) is 24.4. The van der Waals surface area contributed by atoms with E-state index in [2.05, 4.69) is 31.0 Å². The zero-order valence-corrected chi connectivity index (χ0v) is 19.2. The van der Waals surface area contributed by atoms with Crippen molar-refractivity contribution < 1.29 is 24.7 Å². The van der Waals surface area contributed by atoms with Crippen LogP contribution in [0.4, 0.5) is 5.82 Å². The molecule has 0 aromatic carbocycles. The summed E-state index contributed by atoms with van der Waals surface area (Å²) >= 11 is 2.60. The molecule has 2 amide bonds. The predicted octanol–water partition coefficient (Wildman–Crippen LogP) is -0.738. The van der Waals surface area contributed by atoms with Crippen LogP contribution in [0, 0.1) is 0 Å². The molecular formula is C18H19N9O5S2. The first-order valence-electron chi connectivity index (χ1n) is 9.77. The summed E-state index contributed by atoms with van der Waals surface area (Å²) in [6.07, 6.45) is 0.977. The van der Waals surface area contributed by atoms with E-state index >= 15 is 0 Å². The number of β-lactam (4-membered cyclic amide) rings is 1. The minimum absolute atomic E-state index is 0.104. The standard InChI is InChI=1S/C18H19N9O5S2/c1-26-18(23-24-25-26)34-7-8-6-33-16-12(15(29)27(16)13(8)17(30)31)22-14(28)9(5-20-32)10-3-2-4-11(19)21-10/h2-5,9,12,16,32H,6-7H2,1H3,(H2,19,21)(H,22,28)(H,30,31)/b20-5-/t9?,12?,16-/m1/s1. The second-order valence-corrected chi connectivity index (χ2v) is 9.30. The average Bonchev–Trinajstić information content (AvgIpc) is 3.23. The molecule has 3 atom stereocenters. The molecule has 5 N–H and O–H groups in total. The molecule has 34 heavy (non-hydrogen) atoms. The number of hydrogen-bond acceptors (Lipinski definition) is 12. The molecule has 0 bridgehead atoms. The van der Waals surface area contributed by atoms with Crippen LogP contribution in [0.2, 0.25) is 0 Å². The number of fused-ring (bicyclic) bond motifs is 1. The molecular weight excluding hydrogens is 486 g/mol. The molecule has 0 radical (unpaired) electrons. The minimum Gasteiger partial charge on any atom is -0.477 e. The summed E-state index contributed by atoms with van der Waals surface area (Å²) in [5.41, 5.74) is 6.35. The third-order valence-electron chi connectivity index (χ3n) is 5.11. The summed E-state index contributed by atoms with van der Waals surface area (Å²) in [6, 6.07) is 3.72. The number of anilines is 1. The number of amides is 2. The van der Waals surface area contributed by atoms with Crippen LogP contribution < -0.4 is 11.1 Å². The highest BCUT2D eigenvalue weighted by molar-refractivity contribution is 8.01. The van der Waals surface area contributed by atoms with Gasteiger partial charge in [-0.15, -0.1) is 22.0 Å². The Labute approximate surface area is 200 Å². The topological polar surface area (TPSA) is 202 Å². The number of pyridine rings is 1. The number of nitrogens with one attached hydrogen (secondary N) is 1. The summed E-state index contributed by atoms with van der Waals surface area (Å²) in [6.45, 7) is 0. The number of aryl methyl sites for hydroxylation is 1. The van der Waals surface area contributed by atoms with Gasteiger partial charge in [-0.2, -0.15) is 0 Å². The van der Waals surface area contributed by atoms with E-state index in [1.54, 1.807) is 13.1 Å². The Morgan fingerprint density at radius 1 is 1.47 bits per heavy atom. The molecule has 1 fully saturated rings. The van der Waals surface area contributed by atoms with Gasteiger partial charge >= 0.3 is 5.97 Å². The molecule has 178 valence electrons. The number of oxime groups is 1. The number of nitrogens with two attached hydrogens (primary N) is 1. The fraction of sp³-hybridized carbons (Fsp3) is 0.333. The van der Waals surface area contributed by atoms with Crippen molar-refractivity contribution in [2.75, 3.05) is 17.2 Å². The molecule has 1 saturated heterocycles. The smallest absolute Gasteiger partial charge is 0.352 e. The van der Waals surface area contributed by atoms with Crippen LogP contribution in [-0.2, 0) is 21.4 Å². The van der Waals surface area contributed by atoms with Crippen LogP contribution in [0.25, 0.3) is 0 Å².